The van der Waals surface area contributed by atoms with Gasteiger partial charge in [0.15, 0.2) is 15.6 Å². The molecular weight excluding hydrogens is 294 g/mol. The number of carbonyl (C=O) groups excluding carboxylic acids is 1. The molecule has 1 unspecified atom stereocenters. The lowest BCUT2D eigenvalue weighted by atomic mass is 10.1. The molecule has 0 aliphatic carbocycles. The lowest BCUT2D eigenvalue weighted by Crippen LogP contribution is -2.48. The molecule has 2 rings (SSSR count). The van der Waals surface area contributed by atoms with Crippen molar-refractivity contribution < 1.29 is 13.2 Å². The van der Waals surface area contributed by atoms with Crippen molar-refractivity contribution in [1.82, 2.24) is 4.90 Å². The van der Waals surface area contributed by atoms with Gasteiger partial charge in [-0.1, -0.05) is 23.8 Å². The predicted octanol–water partition coefficient (Wildman–Crippen LogP) is 1.60. The molecule has 0 bridgehead atoms. The van der Waals surface area contributed by atoms with E-state index in [1.807, 2.05) is 25.1 Å². The van der Waals surface area contributed by atoms with Gasteiger partial charge in [0.25, 0.3) is 0 Å². The van der Waals surface area contributed by atoms with E-state index in [-0.39, 0.29) is 12.3 Å². The van der Waals surface area contributed by atoms with Gasteiger partial charge in [0.1, 0.15) is 5.37 Å². The van der Waals surface area contributed by atoms with Crippen LogP contribution in [0, 0.1) is 6.92 Å². The lowest BCUT2D eigenvalue weighted by molar-refractivity contribution is 0.0928. The molecule has 1 aliphatic heterocycles. The van der Waals surface area contributed by atoms with Gasteiger partial charge in [-0.3, -0.25) is 9.69 Å². The predicted molar refractivity (Wildman–Crippen MR) is 83.0 cm³/mol. The first kappa shape index (κ1) is 15.5. The summed E-state index contributed by atoms with van der Waals surface area (Å²) in [6.07, 6.45) is 1.24. The number of hydrogen-bond acceptors (Lipinski definition) is 5. The van der Waals surface area contributed by atoms with Gasteiger partial charge in [-0.15, -0.1) is 0 Å². The van der Waals surface area contributed by atoms with Crippen LogP contribution >= 0.6 is 11.8 Å². The number of nitrogens with zero attached hydrogens (tertiary/aromatic N) is 1. The minimum atomic E-state index is -3.16. The minimum Gasteiger partial charge on any atom is -0.293 e. The average molecular weight is 313 g/mol. The first-order chi connectivity index (χ1) is 9.38. The van der Waals surface area contributed by atoms with Gasteiger partial charge in [0.05, 0.1) is 6.54 Å². The quantitative estimate of drug-likeness (QED) is 0.790. The maximum absolute atomic E-state index is 12.3. The van der Waals surface area contributed by atoms with Crippen LogP contribution in [0.5, 0.6) is 0 Å². The van der Waals surface area contributed by atoms with E-state index >= 15 is 0 Å². The number of aryl methyl sites for hydroxylation is 1. The number of carbonyl (C=O) groups is 1. The molecule has 1 aromatic carbocycles. The Morgan fingerprint density at radius 2 is 2.20 bits per heavy atom. The van der Waals surface area contributed by atoms with Crippen molar-refractivity contribution >= 4 is 27.4 Å². The molecule has 0 saturated carbocycles. The van der Waals surface area contributed by atoms with Crippen molar-refractivity contribution in [2.24, 2.45) is 0 Å². The first-order valence-electron chi connectivity index (χ1n) is 6.48. The Morgan fingerprint density at radius 3 is 2.85 bits per heavy atom. The highest BCUT2D eigenvalue weighted by Gasteiger charge is 2.32. The van der Waals surface area contributed by atoms with Gasteiger partial charge >= 0.3 is 0 Å². The molecule has 0 N–H and O–H groups in total. The molecule has 0 spiro atoms. The number of benzene rings is 1. The molecule has 1 heterocycles. The Morgan fingerprint density at radius 1 is 1.45 bits per heavy atom. The summed E-state index contributed by atoms with van der Waals surface area (Å²) >= 11 is 1.63. The van der Waals surface area contributed by atoms with Crippen LogP contribution in [0.15, 0.2) is 24.3 Å². The molecule has 0 aromatic heterocycles. The number of sulfone groups is 1. The van der Waals surface area contributed by atoms with Gasteiger partial charge in [-0.2, -0.15) is 11.8 Å². The van der Waals surface area contributed by atoms with Gasteiger partial charge in [0, 0.05) is 29.9 Å². The maximum Gasteiger partial charge on any atom is 0.176 e. The summed E-state index contributed by atoms with van der Waals surface area (Å²) in [5.74, 6) is 1.39. The molecule has 1 saturated heterocycles. The van der Waals surface area contributed by atoms with Crippen molar-refractivity contribution in [2.45, 2.75) is 12.3 Å². The van der Waals surface area contributed by atoms with Crippen LogP contribution in [-0.2, 0) is 9.84 Å². The highest BCUT2D eigenvalue weighted by molar-refractivity contribution is 8.00. The van der Waals surface area contributed by atoms with Crippen LogP contribution in [0.4, 0.5) is 0 Å². The zero-order valence-electron chi connectivity index (χ0n) is 11.7. The summed E-state index contributed by atoms with van der Waals surface area (Å²) in [5, 5.41) is -0.546. The summed E-state index contributed by atoms with van der Waals surface area (Å²) in [4.78, 5) is 14.1. The van der Waals surface area contributed by atoms with Gasteiger partial charge in [-0.25, -0.2) is 8.42 Å². The second-order valence-corrected chi connectivity index (χ2v) is 8.48. The Balaban J connectivity index is 2.13. The summed E-state index contributed by atoms with van der Waals surface area (Å²) < 4.78 is 23.6. The molecule has 1 atom stereocenters. The third-order valence-corrected chi connectivity index (χ3v) is 6.06. The Hall–Kier alpha value is -0.850. The molecule has 6 heteroatoms. The molecule has 1 aliphatic rings. The molecule has 20 heavy (non-hydrogen) atoms. The van der Waals surface area contributed by atoms with Crippen LogP contribution in [0.25, 0.3) is 0 Å². The van der Waals surface area contributed by atoms with Crippen LogP contribution in [0.1, 0.15) is 15.9 Å². The maximum atomic E-state index is 12.3. The normalized spacial score (nSPS) is 20.8. The third-order valence-electron chi connectivity index (χ3n) is 3.37. The molecule has 0 amide bonds. The van der Waals surface area contributed by atoms with E-state index in [2.05, 4.69) is 0 Å². The van der Waals surface area contributed by atoms with E-state index in [1.165, 1.54) is 6.26 Å². The van der Waals surface area contributed by atoms with Crippen molar-refractivity contribution in [3.8, 4) is 0 Å². The number of ketones is 1. The molecular formula is C14H19NO3S2. The van der Waals surface area contributed by atoms with Crippen LogP contribution in [-0.4, -0.2) is 55.3 Å². The van der Waals surface area contributed by atoms with Crippen LogP contribution in [0.3, 0.4) is 0 Å². The van der Waals surface area contributed by atoms with Gasteiger partial charge in [-0.05, 0) is 13.0 Å². The zero-order chi connectivity index (χ0) is 14.8. The molecule has 0 radical (unpaired) electrons. The summed E-state index contributed by atoms with van der Waals surface area (Å²) in [7, 11) is -3.16. The topological polar surface area (TPSA) is 54.5 Å². The fourth-order valence-corrected chi connectivity index (χ4v) is 5.23. The largest absolute Gasteiger partial charge is 0.293 e. The van der Waals surface area contributed by atoms with E-state index in [0.29, 0.717) is 17.9 Å². The van der Waals surface area contributed by atoms with Crippen molar-refractivity contribution in [2.75, 3.05) is 30.9 Å². The molecule has 1 aromatic rings. The van der Waals surface area contributed by atoms with E-state index in [9.17, 15) is 13.2 Å². The lowest BCUT2D eigenvalue weighted by Gasteiger charge is -2.33. The SMILES string of the molecule is Cc1cccc(C(=O)CN2CCSCC2S(C)(=O)=O)c1. The van der Waals surface area contributed by atoms with Crippen LogP contribution < -0.4 is 0 Å². The van der Waals surface area contributed by atoms with Crippen LogP contribution in [0.2, 0.25) is 0 Å². The van der Waals surface area contributed by atoms with Crippen molar-refractivity contribution in [3.63, 3.8) is 0 Å². The standard InChI is InChI=1S/C14H19NO3S2/c1-11-4-3-5-12(8-11)13(16)9-15-6-7-19-10-14(15)20(2,17)18/h3-5,8,14H,6-7,9-10H2,1-2H3. The monoisotopic (exact) mass is 313 g/mol. The Bertz CT molecular complexity index is 598. The third kappa shape index (κ3) is 3.84. The fraction of sp³-hybridized carbons (Fsp3) is 0.500. The number of rotatable bonds is 4. The first-order valence-corrected chi connectivity index (χ1v) is 9.59. The Labute approximate surface area is 124 Å². The number of thioether (sulfide) groups is 1. The highest BCUT2D eigenvalue weighted by atomic mass is 32.2. The van der Waals surface area contributed by atoms with E-state index < -0.39 is 15.2 Å². The van der Waals surface area contributed by atoms with Crippen molar-refractivity contribution in [1.29, 1.82) is 0 Å². The summed E-state index contributed by atoms with van der Waals surface area (Å²) in [5.41, 5.74) is 1.68. The molecule has 110 valence electrons. The minimum absolute atomic E-state index is 0.0192. The average Bonchev–Trinajstić information content (AvgIpc) is 2.38. The van der Waals surface area contributed by atoms with Gasteiger partial charge in [0.2, 0.25) is 0 Å². The highest BCUT2D eigenvalue weighted by Crippen LogP contribution is 2.20. The molecule has 4 nitrogen and oxygen atoms in total. The number of Topliss-reactive ketones (excluding diaryl/α,β-unsaturated/α-hetero) is 1. The molecule has 1 fully saturated rings. The number of hydrogen-bond donors (Lipinski definition) is 0. The van der Waals surface area contributed by atoms with E-state index in [1.54, 1.807) is 22.7 Å². The van der Waals surface area contributed by atoms with E-state index in [0.717, 1.165) is 11.3 Å². The van der Waals surface area contributed by atoms with Gasteiger partial charge < -0.3 is 0 Å². The second kappa shape index (κ2) is 6.28. The smallest absolute Gasteiger partial charge is 0.176 e. The Kier molecular flexibility index (Phi) is 4.88. The van der Waals surface area contributed by atoms with Crippen molar-refractivity contribution in [3.05, 3.63) is 35.4 Å². The second-order valence-electron chi connectivity index (χ2n) is 5.12. The fourth-order valence-electron chi connectivity index (χ4n) is 2.28. The zero-order valence-corrected chi connectivity index (χ0v) is 13.3. The van der Waals surface area contributed by atoms with E-state index in [4.69, 9.17) is 0 Å². The summed E-state index contributed by atoms with van der Waals surface area (Å²) in [6, 6.07) is 7.41. The summed E-state index contributed by atoms with van der Waals surface area (Å²) in [6.45, 7) is 2.75.